The number of carbonyl (C=O) groups excluding carboxylic acids is 1. The van der Waals surface area contributed by atoms with Crippen molar-refractivity contribution in [3.8, 4) is 0 Å². The summed E-state index contributed by atoms with van der Waals surface area (Å²) in [7, 11) is 0. The maximum atomic E-state index is 12.3. The molecule has 0 spiro atoms. The average Bonchev–Trinajstić information content (AvgIpc) is 2.40. The lowest BCUT2D eigenvalue weighted by atomic mass is 10.1. The van der Waals surface area contributed by atoms with Gasteiger partial charge in [0.1, 0.15) is 5.56 Å². The van der Waals surface area contributed by atoms with Gasteiger partial charge in [-0.1, -0.05) is 23.7 Å². The minimum atomic E-state index is -0.706. The van der Waals surface area contributed by atoms with Crippen LogP contribution < -0.4 is 11.3 Å². The van der Waals surface area contributed by atoms with E-state index in [4.69, 9.17) is 17.3 Å². The monoisotopic (exact) mass is 290 g/mol. The van der Waals surface area contributed by atoms with Gasteiger partial charge < -0.3 is 10.3 Å². The molecular formula is C15H15ClN2O2. The van der Waals surface area contributed by atoms with E-state index in [9.17, 15) is 9.59 Å². The van der Waals surface area contributed by atoms with Gasteiger partial charge in [-0.25, -0.2) is 0 Å². The third-order valence-electron chi connectivity index (χ3n) is 3.33. The molecule has 104 valence electrons. The molecule has 0 aliphatic heterocycles. The van der Waals surface area contributed by atoms with Crippen molar-refractivity contribution in [2.24, 2.45) is 5.73 Å². The lowest BCUT2D eigenvalue weighted by Crippen LogP contribution is -2.31. The predicted molar refractivity (Wildman–Crippen MR) is 79.2 cm³/mol. The molecule has 0 atom stereocenters. The molecule has 1 aromatic carbocycles. The maximum Gasteiger partial charge on any atom is 0.263 e. The van der Waals surface area contributed by atoms with Crippen molar-refractivity contribution in [3.63, 3.8) is 0 Å². The summed E-state index contributed by atoms with van der Waals surface area (Å²) in [5.74, 6) is -0.706. The first-order valence-electron chi connectivity index (χ1n) is 6.15. The summed E-state index contributed by atoms with van der Waals surface area (Å²) in [6.45, 7) is 4.07. The Morgan fingerprint density at radius 3 is 2.40 bits per heavy atom. The maximum absolute atomic E-state index is 12.3. The number of aryl methyl sites for hydroxylation is 1. The van der Waals surface area contributed by atoms with E-state index in [1.54, 1.807) is 22.8 Å². The second-order valence-corrected chi connectivity index (χ2v) is 5.14. The Hall–Kier alpha value is -2.07. The molecule has 2 aromatic rings. The molecule has 1 aromatic heterocycles. The number of pyridine rings is 1. The van der Waals surface area contributed by atoms with Crippen molar-refractivity contribution >= 4 is 17.5 Å². The van der Waals surface area contributed by atoms with Gasteiger partial charge in [-0.15, -0.1) is 0 Å². The van der Waals surface area contributed by atoms with E-state index >= 15 is 0 Å². The molecule has 0 aliphatic carbocycles. The Balaban J connectivity index is 2.53. The van der Waals surface area contributed by atoms with Crippen LogP contribution in [0.15, 0.2) is 35.1 Å². The molecule has 0 radical (unpaired) electrons. The van der Waals surface area contributed by atoms with E-state index in [0.29, 0.717) is 11.6 Å². The van der Waals surface area contributed by atoms with Gasteiger partial charge in [0.25, 0.3) is 11.5 Å². The van der Waals surface area contributed by atoms with Gasteiger partial charge in [-0.2, -0.15) is 0 Å². The van der Waals surface area contributed by atoms with Crippen LogP contribution in [0.5, 0.6) is 0 Å². The number of aromatic nitrogens is 1. The summed E-state index contributed by atoms with van der Waals surface area (Å²) in [6.07, 6.45) is 0. The number of primary amides is 1. The zero-order valence-electron chi connectivity index (χ0n) is 11.3. The highest BCUT2D eigenvalue weighted by atomic mass is 35.5. The number of halogens is 1. The van der Waals surface area contributed by atoms with Gasteiger partial charge >= 0.3 is 0 Å². The number of nitrogens with zero attached hydrogens (tertiary/aromatic N) is 1. The summed E-state index contributed by atoms with van der Waals surface area (Å²) in [4.78, 5) is 23.6. The van der Waals surface area contributed by atoms with E-state index in [1.807, 2.05) is 26.0 Å². The standard InChI is InChI=1S/C15H15ClN2O2/c1-9-7-13(14(17)19)15(20)18(10(9)2)8-11-3-5-12(16)6-4-11/h3-7H,8H2,1-2H3,(H2,17,19). The van der Waals surface area contributed by atoms with E-state index in [2.05, 4.69) is 0 Å². The SMILES string of the molecule is Cc1cc(C(N)=O)c(=O)n(Cc2ccc(Cl)cc2)c1C. The second kappa shape index (κ2) is 5.51. The lowest BCUT2D eigenvalue weighted by Gasteiger charge is -2.14. The van der Waals surface area contributed by atoms with Gasteiger partial charge in [-0.05, 0) is 43.2 Å². The molecule has 0 saturated heterocycles. The van der Waals surface area contributed by atoms with Gasteiger partial charge in [0.15, 0.2) is 0 Å². The third-order valence-corrected chi connectivity index (χ3v) is 3.58. The van der Waals surface area contributed by atoms with Crippen LogP contribution in [0.4, 0.5) is 0 Å². The molecule has 0 bridgehead atoms. The van der Waals surface area contributed by atoms with Crippen LogP contribution in [0.3, 0.4) is 0 Å². The van der Waals surface area contributed by atoms with Gasteiger partial charge in [0, 0.05) is 10.7 Å². The van der Waals surface area contributed by atoms with E-state index in [1.165, 1.54) is 0 Å². The molecule has 20 heavy (non-hydrogen) atoms. The Morgan fingerprint density at radius 2 is 1.85 bits per heavy atom. The van der Waals surface area contributed by atoms with Crippen molar-refractivity contribution in [1.82, 2.24) is 4.57 Å². The zero-order chi connectivity index (χ0) is 14.9. The van der Waals surface area contributed by atoms with Crippen LogP contribution in [-0.4, -0.2) is 10.5 Å². The van der Waals surface area contributed by atoms with Gasteiger partial charge in [-0.3, -0.25) is 9.59 Å². The fourth-order valence-electron chi connectivity index (χ4n) is 2.03. The number of carbonyl (C=O) groups is 1. The molecule has 0 fully saturated rings. The van der Waals surface area contributed by atoms with Crippen molar-refractivity contribution in [1.29, 1.82) is 0 Å². The molecule has 0 unspecified atom stereocenters. The van der Waals surface area contributed by atoms with Crippen LogP contribution in [0.25, 0.3) is 0 Å². The topological polar surface area (TPSA) is 65.1 Å². The summed E-state index contributed by atoms with van der Waals surface area (Å²) in [6, 6.07) is 8.77. The minimum absolute atomic E-state index is 0.0158. The number of benzene rings is 1. The normalized spacial score (nSPS) is 10.6. The Labute approximate surface area is 121 Å². The third kappa shape index (κ3) is 2.75. The first-order chi connectivity index (χ1) is 9.40. The fourth-order valence-corrected chi connectivity index (χ4v) is 2.16. The van der Waals surface area contributed by atoms with Crippen molar-refractivity contribution in [2.75, 3.05) is 0 Å². The van der Waals surface area contributed by atoms with E-state index in [0.717, 1.165) is 16.8 Å². The van der Waals surface area contributed by atoms with Gasteiger partial charge in [0.2, 0.25) is 0 Å². The number of rotatable bonds is 3. The smallest absolute Gasteiger partial charge is 0.263 e. The van der Waals surface area contributed by atoms with E-state index < -0.39 is 5.91 Å². The highest BCUT2D eigenvalue weighted by Gasteiger charge is 2.13. The largest absolute Gasteiger partial charge is 0.365 e. The molecule has 2 rings (SSSR count). The quantitative estimate of drug-likeness (QED) is 0.942. The first kappa shape index (κ1) is 14.3. The predicted octanol–water partition coefficient (Wildman–Crippen LogP) is 2.27. The number of hydrogen-bond acceptors (Lipinski definition) is 2. The second-order valence-electron chi connectivity index (χ2n) is 4.71. The van der Waals surface area contributed by atoms with Crippen LogP contribution in [0.1, 0.15) is 27.2 Å². The van der Waals surface area contributed by atoms with Crippen molar-refractivity contribution in [3.05, 3.63) is 68.1 Å². The number of nitrogens with two attached hydrogens (primary N) is 1. The highest BCUT2D eigenvalue weighted by Crippen LogP contribution is 2.12. The van der Waals surface area contributed by atoms with Crippen molar-refractivity contribution < 1.29 is 4.79 Å². The van der Waals surface area contributed by atoms with Crippen molar-refractivity contribution in [2.45, 2.75) is 20.4 Å². The molecule has 1 heterocycles. The molecule has 1 amide bonds. The number of amides is 1. The Bertz CT molecular complexity index is 718. The summed E-state index contributed by atoms with van der Waals surface area (Å²) in [5.41, 5.74) is 7.50. The molecule has 0 saturated carbocycles. The summed E-state index contributed by atoms with van der Waals surface area (Å²) < 4.78 is 1.55. The van der Waals surface area contributed by atoms with Crippen LogP contribution in [-0.2, 0) is 6.54 Å². The van der Waals surface area contributed by atoms with E-state index in [-0.39, 0.29) is 11.1 Å². The van der Waals surface area contributed by atoms with Crippen LogP contribution >= 0.6 is 11.6 Å². The van der Waals surface area contributed by atoms with Crippen LogP contribution in [0.2, 0.25) is 5.02 Å². The zero-order valence-corrected chi connectivity index (χ0v) is 12.1. The Morgan fingerprint density at radius 1 is 1.25 bits per heavy atom. The summed E-state index contributed by atoms with van der Waals surface area (Å²) in [5, 5.41) is 0.639. The highest BCUT2D eigenvalue weighted by molar-refractivity contribution is 6.30. The number of hydrogen-bond donors (Lipinski definition) is 1. The fraction of sp³-hybridized carbons (Fsp3) is 0.200. The average molecular weight is 291 g/mol. The van der Waals surface area contributed by atoms with Crippen LogP contribution in [0, 0.1) is 13.8 Å². The minimum Gasteiger partial charge on any atom is -0.365 e. The first-order valence-corrected chi connectivity index (χ1v) is 6.53. The molecule has 2 N–H and O–H groups in total. The molecule has 5 heteroatoms. The Kier molecular flexibility index (Phi) is 3.95. The summed E-state index contributed by atoms with van der Waals surface area (Å²) >= 11 is 5.84. The lowest BCUT2D eigenvalue weighted by molar-refractivity contribution is 0.0998. The molecule has 0 aliphatic rings. The van der Waals surface area contributed by atoms with Gasteiger partial charge in [0.05, 0.1) is 6.54 Å². The molecule has 4 nitrogen and oxygen atoms in total. The molecular weight excluding hydrogens is 276 g/mol.